The molecule has 6 heteroatoms. The summed E-state index contributed by atoms with van der Waals surface area (Å²) in [7, 11) is 3.45. The molecule has 0 fully saturated rings. The highest BCUT2D eigenvalue weighted by Crippen LogP contribution is 2.21. The fourth-order valence-corrected chi connectivity index (χ4v) is 3.39. The molecular weight excluding hydrogens is 367 g/mol. The molecule has 2 aromatic rings. The van der Waals surface area contributed by atoms with E-state index in [4.69, 9.17) is 0 Å². The standard InChI is InChI=1S/C23H29FN4O/c1-16-8-9-17(12-21(16)24)14-25-23(26-15-22(29)28(2)3)27-20-11-10-18-6-4-5-7-19(18)13-20/h4-9,12,20H,10-11,13-15H2,1-3H3,(H2,25,26,27). The van der Waals surface area contributed by atoms with Gasteiger partial charge >= 0.3 is 0 Å². The van der Waals surface area contributed by atoms with Gasteiger partial charge in [0.05, 0.1) is 13.1 Å². The quantitative estimate of drug-likeness (QED) is 0.604. The lowest BCUT2D eigenvalue weighted by Crippen LogP contribution is -2.48. The van der Waals surface area contributed by atoms with Gasteiger partial charge in [0, 0.05) is 20.1 Å². The van der Waals surface area contributed by atoms with Crippen molar-refractivity contribution < 1.29 is 9.18 Å². The van der Waals surface area contributed by atoms with Gasteiger partial charge in [-0.2, -0.15) is 0 Å². The maximum absolute atomic E-state index is 13.8. The van der Waals surface area contributed by atoms with E-state index in [2.05, 4.69) is 39.9 Å². The molecule has 2 aromatic carbocycles. The Morgan fingerprint density at radius 1 is 1.21 bits per heavy atom. The normalized spacial score (nSPS) is 16.1. The Hall–Kier alpha value is -2.89. The topological polar surface area (TPSA) is 56.7 Å². The van der Waals surface area contributed by atoms with Crippen LogP contribution in [-0.4, -0.2) is 43.4 Å². The zero-order valence-electron chi connectivity index (χ0n) is 17.3. The molecule has 1 aliphatic rings. The van der Waals surface area contributed by atoms with Gasteiger partial charge < -0.3 is 15.5 Å². The number of nitrogens with one attached hydrogen (secondary N) is 2. The molecule has 0 spiro atoms. The molecule has 3 rings (SSSR count). The van der Waals surface area contributed by atoms with E-state index in [0.717, 1.165) is 24.8 Å². The second kappa shape index (κ2) is 9.54. The summed E-state index contributed by atoms with van der Waals surface area (Å²) in [6.07, 6.45) is 2.93. The van der Waals surface area contributed by atoms with Crippen LogP contribution in [0.2, 0.25) is 0 Å². The molecule has 29 heavy (non-hydrogen) atoms. The van der Waals surface area contributed by atoms with Crippen molar-refractivity contribution in [3.05, 3.63) is 70.5 Å². The summed E-state index contributed by atoms with van der Waals surface area (Å²) < 4.78 is 13.8. The van der Waals surface area contributed by atoms with Crippen molar-refractivity contribution in [2.75, 3.05) is 20.6 Å². The number of guanidine groups is 1. The SMILES string of the molecule is Cc1ccc(CN=C(NCC(=O)N(C)C)NC2CCc3ccccc3C2)cc1F. The molecule has 2 N–H and O–H groups in total. The van der Waals surface area contributed by atoms with Crippen LogP contribution in [0.1, 0.15) is 28.7 Å². The van der Waals surface area contributed by atoms with Crippen molar-refractivity contribution in [2.24, 2.45) is 4.99 Å². The van der Waals surface area contributed by atoms with Crippen LogP contribution in [-0.2, 0) is 24.2 Å². The van der Waals surface area contributed by atoms with Gasteiger partial charge in [-0.3, -0.25) is 4.79 Å². The number of aryl methyl sites for hydroxylation is 2. The average Bonchev–Trinajstić information content (AvgIpc) is 2.72. The molecule has 0 saturated carbocycles. The van der Waals surface area contributed by atoms with E-state index >= 15 is 0 Å². The van der Waals surface area contributed by atoms with E-state index in [0.29, 0.717) is 18.1 Å². The Kier molecular flexibility index (Phi) is 6.86. The number of aliphatic imine (C=N–C) groups is 1. The molecule has 0 saturated heterocycles. The highest BCUT2D eigenvalue weighted by Gasteiger charge is 2.19. The minimum absolute atomic E-state index is 0.0325. The predicted molar refractivity (Wildman–Crippen MR) is 114 cm³/mol. The predicted octanol–water partition coefficient (Wildman–Crippen LogP) is 2.82. The number of carbonyl (C=O) groups excluding carboxylic acids is 1. The number of hydrogen-bond donors (Lipinski definition) is 2. The molecule has 1 aliphatic carbocycles. The molecule has 5 nitrogen and oxygen atoms in total. The van der Waals surface area contributed by atoms with E-state index in [1.54, 1.807) is 27.1 Å². The summed E-state index contributed by atoms with van der Waals surface area (Å²) in [6.45, 7) is 2.24. The lowest BCUT2D eigenvalue weighted by atomic mass is 9.88. The molecule has 1 unspecified atom stereocenters. The summed E-state index contributed by atoms with van der Waals surface area (Å²) in [5.41, 5.74) is 4.16. The summed E-state index contributed by atoms with van der Waals surface area (Å²) in [4.78, 5) is 18.1. The van der Waals surface area contributed by atoms with Crippen LogP contribution in [0.25, 0.3) is 0 Å². The number of fused-ring (bicyclic) bond motifs is 1. The van der Waals surface area contributed by atoms with Crippen LogP contribution >= 0.6 is 0 Å². The number of halogens is 1. The third-order valence-corrected chi connectivity index (χ3v) is 5.25. The first-order valence-electron chi connectivity index (χ1n) is 9.99. The lowest BCUT2D eigenvalue weighted by molar-refractivity contribution is -0.127. The van der Waals surface area contributed by atoms with Crippen molar-refractivity contribution >= 4 is 11.9 Å². The van der Waals surface area contributed by atoms with Gasteiger partial charge in [-0.15, -0.1) is 0 Å². The number of rotatable bonds is 5. The lowest BCUT2D eigenvalue weighted by Gasteiger charge is -2.27. The van der Waals surface area contributed by atoms with Gasteiger partial charge in [-0.05, 0) is 54.5 Å². The fourth-order valence-electron chi connectivity index (χ4n) is 3.39. The fraction of sp³-hybridized carbons (Fsp3) is 0.391. The van der Waals surface area contributed by atoms with Crippen LogP contribution in [0.3, 0.4) is 0 Å². The molecule has 0 radical (unpaired) electrons. The Morgan fingerprint density at radius 2 is 1.97 bits per heavy atom. The maximum Gasteiger partial charge on any atom is 0.241 e. The van der Waals surface area contributed by atoms with Crippen molar-refractivity contribution in [3.63, 3.8) is 0 Å². The number of amides is 1. The minimum Gasteiger partial charge on any atom is -0.353 e. The second-order valence-corrected chi connectivity index (χ2v) is 7.74. The summed E-state index contributed by atoms with van der Waals surface area (Å²) in [5.74, 6) is 0.312. The number of benzene rings is 2. The zero-order valence-corrected chi connectivity index (χ0v) is 17.3. The van der Waals surface area contributed by atoms with Gasteiger partial charge in [-0.25, -0.2) is 9.38 Å². The van der Waals surface area contributed by atoms with E-state index in [1.807, 2.05) is 6.07 Å². The van der Waals surface area contributed by atoms with Crippen LogP contribution < -0.4 is 10.6 Å². The Balaban J connectivity index is 1.70. The largest absolute Gasteiger partial charge is 0.353 e. The number of likely N-dealkylation sites (N-methyl/N-ethyl adjacent to an activating group) is 1. The average molecular weight is 397 g/mol. The molecule has 1 atom stereocenters. The molecule has 0 aromatic heterocycles. The first kappa shape index (κ1) is 20.8. The molecule has 0 heterocycles. The summed E-state index contributed by atoms with van der Waals surface area (Å²) in [5, 5.41) is 6.58. The first-order valence-corrected chi connectivity index (χ1v) is 9.99. The highest BCUT2D eigenvalue weighted by molar-refractivity contribution is 5.86. The van der Waals surface area contributed by atoms with Crippen molar-refractivity contribution in [1.82, 2.24) is 15.5 Å². The van der Waals surface area contributed by atoms with E-state index in [9.17, 15) is 9.18 Å². The van der Waals surface area contributed by atoms with E-state index < -0.39 is 0 Å². The Morgan fingerprint density at radius 3 is 2.69 bits per heavy atom. The zero-order chi connectivity index (χ0) is 20.8. The molecule has 154 valence electrons. The van der Waals surface area contributed by atoms with Crippen molar-refractivity contribution in [3.8, 4) is 0 Å². The van der Waals surface area contributed by atoms with Crippen molar-refractivity contribution in [2.45, 2.75) is 38.8 Å². The van der Waals surface area contributed by atoms with E-state index in [1.165, 1.54) is 22.1 Å². The maximum atomic E-state index is 13.8. The van der Waals surface area contributed by atoms with Crippen molar-refractivity contribution in [1.29, 1.82) is 0 Å². The number of carbonyl (C=O) groups is 1. The van der Waals surface area contributed by atoms with E-state index in [-0.39, 0.29) is 24.3 Å². The first-order chi connectivity index (χ1) is 13.9. The van der Waals surface area contributed by atoms with Gasteiger partial charge in [0.15, 0.2) is 5.96 Å². The molecule has 0 aliphatic heterocycles. The summed E-state index contributed by atoms with van der Waals surface area (Å²) >= 11 is 0. The van der Waals surface area contributed by atoms with Crippen LogP contribution in [0.5, 0.6) is 0 Å². The molecule has 1 amide bonds. The minimum atomic E-state index is -0.230. The summed E-state index contributed by atoms with van der Waals surface area (Å²) in [6, 6.07) is 13.9. The third kappa shape index (κ3) is 5.79. The Labute approximate surface area is 172 Å². The highest BCUT2D eigenvalue weighted by atomic mass is 19.1. The van der Waals surface area contributed by atoms with Crippen LogP contribution in [0.4, 0.5) is 4.39 Å². The van der Waals surface area contributed by atoms with Gasteiger partial charge in [0.2, 0.25) is 5.91 Å². The second-order valence-electron chi connectivity index (χ2n) is 7.74. The smallest absolute Gasteiger partial charge is 0.241 e. The monoisotopic (exact) mass is 396 g/mol. The number of nitrogens with zero attached hydrogens (tertiary/aromatic N) is 2. The van der Waals surface area contributed by atoms with Crippen LogP contribution in [0.15, 0.2) is 47.5 Å². The van der Waals surface area contributed by atoms with Gasteiger partial charge in [0.1, 0.15) is 5.82 Å². The Bertz CT molecular complexity index is 894. The molecule has 0 bridgehead atoms. The third-order valence-electron chi connectivity index (χ3n) is 5.25. The van der Waals surface area contributed by atoms with Gasteiger partial charge in [-0.1, -0.05) is 36.4 Å². The molecular formula is C23H29FN4O. The van der Waals surface area contributed by atoms with Crippen LogP contribution in [0, 0.1) is 12.7 Å². The van der Waals surface area contributed by atoms with Gasteiger partial charge in [0.25, 0.3) is 0 Å². The number of hydrogen-bond acceptors (Lipinski definition) is 2.